The van der Waals surface area contributed by atoms with E-state index in [-0.39, 0.29) is 11.1 Å². The third-order valence-corrected chi connectivity index (χ3v) is 2.15. The van der Waals surface area contributed by atoms with Gasteiger partial charge in [0.2, 0.25) is 0 Å². The minimum absolute atomic E-state index is 0.0783. The first kappa shape index (κ1) is 12.7. The van der Waals surface area contributed by atoms with Crippen molar-refractivity contribution in [2.24, 2.45) is 0 Å². The van der Waals surface area contributed by atoms with E-state index < -0.39 is 11.8 Å². The monoisotopic (exact) mass is 234 g/mol. The highest BCUT2D eigenvalue weighted by atomic mass is 19.1. The van der Waals surface area contributed by atoms with Crippen molar-refractivity contribution in [3.05, 3.63) is 35.2 Å². The van der Waals surface area contributed by atoms with E-state index in [0.29, 0.717) is 5.69 Å². The predicted octanol–water partition coefficient (Wildman–Crippen LogP) is 1.86. The van der Waals surface area contributed by atoms with Crippen molar-refractivity contribution in [1.82, 2.24) is 0 Å². The Morgan fingerprint density at radius 1 is 1.53 bits per heavy atom. The van der Waals surface area contributed by atoms with Gasteiger partial charge in [-0.1, -0.05) is 0 Å². The van der Waals surface area contributed by atoms with Crippen molar-refractivity contribution in [2.75, 3.05) is 19.0 Å². The number of carbonyl (C=O) groups is 1. The summed E-state index contributed by atoms with van der Waals surface area (Å²) < 4.78 is 13.9. The summed E-state index contributed by atoms with van der Waals surface area (Å²) in [5.41, 5.74) is 0.439. The molecular weight excluding hydrogens is 223 g/mol. The van der Waals surface area contributed by atoms with Crippen molar-refractivity contribution in [2.45, 2.75) is 0 Å². The second-order valence-corrected chi connectivity index (χ2v) is 3.54. The first-order chi connectivity index (χ1) is 7.97. The van der Waals surface area contributed by atoms with Gasteiger partial charge >= 0.3 is 5.97 Å². The van der Waals surface area contributed by atoms with E-state index in [0.717, 1.165) is 12.2 Å². The van der Waals surface area contributed by atoms with Gasteiger partial charge in [0.15, 0.2) is 0 Å². The molecule has 5 heteroatoms. The quantitative estimate of drug-likeness (QED) is 0.811. The van der Waals surface area contributed by atoms with Gasteiger partial charge in [0.05, 0.1) is 5.69 Å². The fraction of sp³-hybridized carbons (Fsp3) is 0.167. The molecule has 0 saturated heterocycles. The zero-order chi connectivity index (χ0) is 13.0. The van der Waals surface area contributed by atoms with Crippen LogP contribution in [0.2, 0.25) is 0 Å². The van der Waals surface area contributed by atoms with E-state index in [2.05, 4.69) is 0 Å². The lowest BCUT2D eigenvalue weighted by Gasteiger charge is -2.15. The lowest BCUT2D eigenvalue weighted by Crippen LogP contribution is -2.11. The fourth-order valence-corrected chi connectivity index (χ4v) is 1.35. The number of anilines is 1. The molecule has 0 saturated carbocycles. The van der Waals surface area contributed by atoms with Crippen LogP contribution >= 0.6 is 0 Å². The van der Waals surface area contributed by atoms with E-state index in [1.165, 1.54) is 6.07 Å². The van der Waals surface area contributed by atoms with Crippen molar-refractivity contribution >= 4 is 17.7 Å². The van der Waals surface area contributed by atoms with Crippen LogP contribution in [0.5, 0.6) is 0 Å². The molecule has 0 atom stereocenters. The highest BCUT2D eigenvalue weighted by molar-refractivity contribution is 5.85. The highest BCUT2D eigenvalue weighted by Gasteiger charge is 2.13. The summed E-state index contributed by atoms with van der Waals surface area (Å²) in [6.45, 7) is 0. The first-order valence-corrected chi connectivity index (χ1v) is 4.78. The Kier molecular flexibility index (Phi) is 3.83. The smallest absolute Gasteiger partial charge is 0.328 e. The number of halogens is 1. The van der Waals surface area contributed by atoms with Crippen molar-refractivity contribution in [1.29, 1.82) is 5.26 Å². The van der Waals surface area contributed by atoms with Gasteiger partial charge in [-0.3, -0.25) is 0 Å². The van der Waals surface area contributed by atoms with Crippen molar-refractivity contribution < 1.29 is 14.3 Å². The molecule has 0 unspecified atom stereocenters. The molecule has 0 aliphatic heterocycles. The summed E-state index contributed by atoms with van der Waals surface area (Å²) in [5, 5.41) is 17.3. The predicted molar refractivity (Wildman–Crippen MR) is 62.1 cm³/mol. The number of hydrogen-bond acceptors (Lipinski definition) is 3. The SMILES string of the molecule is CN(C)c1ccc(/C=C/C(=O)O)c(F)c1C#N. The van der Waals surface area contributed by atoms with Gasteiger partial charge < -0.3 is 10.0 Å². The van der Waals surface area contributed by atoms with Crippen LogP contribution in [0.1, 0.15) is 11.1 Å². The molecule has 17 heavy (non-hydrogen) atoms. The summed E-state index contributed by atoms with van der Waals surface area (Å²) in [7, 11) is 3.39. The highest BCUT2D eigenvalue weighted by Crippen LogP contribution is 2.24. The number of carboxylic acid groups (broad SMARTS) is 1. The van der Waals surface area contributed by atoms with E-state index in [4.69, 9.17) is 10.4 Å². The molecule has 1 rings (SSSR count). The first-order valence-electron chi connectivity index (χ1n) is 4.78. The number of nitriles is 1. The van der Waals surface area contributed by atoms with Gasteiger partial charge in [0.1, 0.15) is 17.4 Å². The standard InChI is InChI=1S/C12H11FN2O2/c1-15(2)10-5-3-8(4-6-11(16)17)12(13)9(10)7-14/h3-6H,1-2H3,(H,16,17)/b6-4+. The Morgan fingerprint density at radius 2 is 2.18 bits per heavy atom. The summed E-state index contributed by atoms with van der Waals surface area (Å²) in [5.74, 6) is -1.88. The molecule has 0 bridgehead atoms. The summed E-state index contributed by atoms with van der Waals surface area (Å²) in [4.78, 5) is 11.9. The zero-order valence-corrected chi connectivity index (χ0v) is 9.44. The Balaban J connectivity index is 3.31. The Hall–Kier alpha value is -2.35. The average Bonchev–Trinajstić information content (AvgIpc) is 2.26. The second-order valence-electron chi connectivity index (χ2n) is 3.54. The van der Waals surface area contributed by atoms with Crippen LogP contribution in [0.25, 0.3) is 6.08 Å². The summed E-state index contributed by atoms with van der Waals surface area (Å²) >= 11 is 0. The third-order valence-electron chi connectivity index (χ3n) is 2.15. The van der Waals surface area contributed by atoms with Crippen molar-refractivity contribution in [3.63, 3.8) is 0 Å². The number of benzene rings is 1. The van der Waals surface area contributed by atoms with Gasteiger partial charge in [0, 0.05) is 25.7 Å². The van der Waals surface area contributed by atoms with E-state index >= 15 is 0 Å². The van der Waals surface area contributed by atoms with E-state index in [1.807, 2.05) is 0 Å². The van der Waals surface area contributed by atoms with Gasteiger partial charge in [0.25, 0.3) is 0 Å². The van der Waals surface area contributed by atoms with Gasteiger partial charge in [-0.25, -0.2) is 9.18 Å². The molecule has 0 aliphatic carbocycles. The molecule has 1 aromatic carbocycles. The van der Waals surface area contributed by atoms with Gasteiger partial charge in [-0.2, -0.15) is 5.26 Å². The van der Waals surface area contributed by atoms with Crippen LogP contribution in [0.4, 0.5) is 10.1 Å². The maximum atomic E-state index is 13.9. The Morgan fingerprint density at radius 3 is 2.65 bits per heavy atom. The molecule has 0 aromatic heterocycles. The Labute approximate surface area is 98.2 Å². The van der Waals surface area contributed by atoms with E-state index in [9.17, 15) is 9.18 Å². The normalized spacial score (nSPS) is 10.2. The minimum atomic E-state index is -1.17. The number of aliphatic carboxylic acids is 1. The van der Waals surface area contributed by atoms with E-state index in [1.54, 1.807) is 31.1 Å². The maximum Gasteiger partial charge on any atom is 0.328 e. The summed E-state index contributed by atoms with van der Waals surface area (Å²) in [6, 6.07) is 4.78. The molecule has 1 N–H and O–H groups in total. The third kappa shape index (κ3) is 2.82. The minimum Gasteiger partial charge on any atom is -0.478 e. The molecule has 0 fully saturated rings. The molecule has 1 aromatic rings. The molecule has 0 aliphatic rings. The van der Waals surface area contributed by atoms with Crippen LogP contribution < -0.4 is 4.90 Å². The molecule has 88 valence electrons. The zero-order valence-electron chi connectivity index (χ0n) is 9.44. The average molecular weight is 234 g/mol. The number of hydrogen-bond donors (Lipinski definition) is 1. The molecule has 0 amide bonds. The van der Waals surface area contributed by atoms with Crippen molar-refractivity contribution in [3.8, 4) is 6.07 Å². The lowest BCUT2D eigenvalue weighted by molar-refractivity contribution is -0.131. The van der Waals surface area contributed by atoms with Crippen LogP contribution in [0, 0.1) is 17.1 Å². The largest absolute Gasteiger partial charge is 0.478 e. The fourth-order valence-electron chi connectivity index (χ4n) is 1.35. The number of nitrogens with zero attached hydrogens (tertiary/aromatic N) is 2. The molecule has 0 radical (unpaired) electrons. The molecular formula is C12H11FN2O2. The number of carboxylic acids is 1. The topological polar surface area (TPSA) is 64.3 Å². The van der Waals surface area contributed by atoms with Crippen LogP contribution in [0.3, 0.4) is 0 Å². The summed E-state index contributed by atoms with van der Waals surface area (Å²) in [6.07, 6.45) is 1.95. The molecule has 4 nitrogen and oxygen atoms in total. The molecule has 0 heterocycles. The maximum absolute atomic E-state index is 13.9. The van der Waals surface area contributed by atoms with Crippen LogP contribution in [0.15, 0.2) is 18.2 Å². The van der Waals surface area contributed by atoms with Crippen LogP contribution in [-0.4, -0.2) is 25.2 Å². The van der Waals surface area contributed by atoms with Gasteiger partial charge in [-0.15, -0.1) is 0 Å². The van der Waals surface area contributed by atoms with Crippen LogP contribution in [-0.2, 0) is 4.79 Å². The lowest BCUT2D eigenvalue weighted by atomic mass is 10.1. The molecule has 0 spiro atoms. The van der Waals surface area contributed by atoms with Gasteiger partial charge in [-0.05, 0) is 18.2 Å². The second kappa shape index (κ2) is 5.12. The Bertz CT molecular complexity index is 516. The number of rotatable bonds is 3.